The van der Waals surface area contributed by atoms with E-state index in [0.29, 0.717) is 23.3 Å². The van der Waals surface area contributed by atoms with E-state index in [2.05, 4.69) is 12.1 Å². The molecule has 0 aromatic heterocycles. The lowest BCUT2D eigenvalue weighted by Gasteiger charge is -2.13. The Labute approximate surface area is 126 Å². The summed E-state index contributed by atoms with van der Waals surface area (Å²) in [6, 6.07) is 12.9. The van der Waals surface area contributed by atoms with Crippen LogP contribution in [-0.4, -0.2) is 22.9 Å². The molecule has 1 aliphatic heterocycles. The first-order valence-electron chi connectivity index (χ1n) is 6.63. The first kappa shape index (κ1) is 13.8. The molecule has 0 spiro atoms. The molecule has 0 bridgehead atoms. The van der Waals surface area contributed by atoms with Crippen molar-refractivity contribution >= 4 is 23.4 Å². The Kier molecular flexibility index (Phi) is 3.75. The van der Waals surface area contributed by atoms with Crippen molar-refractivity contribution < 1.29 is 14.6 Å². The Morgan fingerprint density at radius 3 is 2.90 bits per heavy atom. The van der Waals surface area contributed by atoms with Gasteiger partial charge in [0.2, 0.25) is 0 Å². The zero-order chi connectivity index (χ0) is 14.8. The quantitative estimate of drug-likeness (QED) is 0.849. The third-order valence-corrected chi connectivity index (χ3v) is 4.66. The Morgan fingerprint density at radius 2 is 2.14 bits per heavy atom. The minimum Gasteiger partial charge on any atom is -0.491 e. The molecule has 2 aromatic rings. The molecular weight excluding hydrogens is 286 g/mol. The van der Waals surface area contributed by atoms with Crippen molar-refractivity contribution in [2.45, 2.75) is 16.6 Å². The van der Waals surface area contributed by atoms with E-state index >= 15 is 0 Å². The molecule has 0 fully saturated rings. The number of carboxylic acid groups (broad SMARTS) is 1. The summed E-state index contributed by atoms with van der Waals surface area (Å²) in [6.07, 6.45) is 0.936. The summed E-state index contributed by atoms with van der Waals surface area (Å²) in [5, 5.41) is 9.46. The number of rotatable bonds is 4. The number of carboxylic acids is 1. The number of fused-ring (bicyclic) bond motifs is 1. The van der Waals surface area contributed by atoms with Gasteiger partial charge < -0.3 is 15.6 Å². The number of benzene rings is 2. The Morgan fingerprint density at radius 1 is 1.33 bits per heavy atom. The normalized spacial score (nSPS) is 16.5. The lowest BCUT2D eigenvalue weighted by atomic mass is 10.1. The Bertz CT molecular complexity index is 662. The average molecular weight is 301 g/mol. The van der Waals surface area contributed by atoms with E-state index in [1.165, 1.54) is 16.5 Å². The number of thioether (sulfide) groups is 1. The molecule has 21 heavy (non-hydrogen) atoms. The van der Waals surface area contributed by atoms with Crippen LogP contribution in [0.1, 0.15) is 15.9 Å². The third kappa shape index (κ3) is 2.97. The highest BCUT2D eigenvalue weighted by molar-refractivity contribution is 8.00. The molecule has 0 saturated carbocycles. The molecule has 0 amide bonds. The van der Waals surface area contributed by atoms with E-state index in [0.717, 1.165) is 6.42 Å². The topological polar surface area (TPSA) is 72.6 Å². The van der Waals surface area contributed by atoms with Crippen LogP contribution < -0.4 is 10.5 Å². The highest BCUT2D eigenvalue weighted by Gasteiger charge is 2.23. The van der Waals surface area contributed by atoms with Crippen LogP contribution in [0.15, 0.2) is 47.4 Å². The van der Waals surface area contributed by atoms with Crippen molar-refractivity contribution in [2.75, 3.05) is 12.3 Å². The SMILES string of the molecule is Nc1ccc(C(=O)O)c(OCC2Cc3ccccc3S2)c1. The maximum Gasteiger partial charge on any atom is 0.339 e. The van der Waals surface area contributed by atoms with Crippen LogP contribution >= 0.6 is 11.8 Å². The average Bonchev–Trinajstić information content (AvgIpc) is 2.87. The summed E-state index contributed by atoms with van der Waals surface area (Å²) in [5.41, 5.74) is 7.66. The van der Waals surface area contributed by atoms with Crippen molar-refractivity contribution in [1.29, 1.82) is 0 Å². The molecular formula is C16H15NO3S. The number of ether oxygens (including phenoxy) is 1. The summed E-state index contributed by atoms with van der Waals surface area (Å²) in [7, 11) is 0. The standard InChI is InChI=1S/C16H15NO3S/c17-11-5-6-13(16(18)19)14(8-11)20-9-12-7-10-3-1-2-4-15(10)21-12/h1-6,8,12H,7,9,17H2,(H,18,19). The first-order valence-corrected chi connectivity index (χ1v) is 7.51. The highest BCUT2D eigenvalue weighted by atomic mass is 32.2. The predicted molar refractivity (Wildman–Crippen MR) is 83.1 cm³/mol. The van der Waals surface area contributed by atoms with Crippen LogP contribution in [0.4, 0.5) is 5.69 Å². The summed E-state index contributed by atoms with van der Waals surface area (Å²) in [4.78, 5) is 12.5. The second-order valence-corrected chi connectivity index (χ2v) is 6.27. The zero-order valence-electron chi connectivity index (χ0n) is 11.3. The number of hydrogen-bond acceptors (Lipinski definition) is 4. The Hall–Kier alpha value is -2.14. The summed E-state index contributed by atoms with van der Waals surface area (Å²) in [5.74, 6) is -0.675. The molecule has 3 N–H and O–H groups in total. The van der Waals surface area contributed by atoms with Gasteiger partial charge in [-0.25, -0.2) is 4.79 Å². The molecule has 5 heteroatoms. The van der Waals surface area contributed by atoms with Gasteiger partial charge in [0.15, 0.2) is 0 Å². The summed E-state index contributed by atoms with van der Waals surface area (Å²) in [6.45, 7) is 0.461. The maximum absolute atomic E-state index is 11.2. The van der Waals surface area contributed by atoms with E-state index in [9.17, 15) is 4.79 Å². The first-order chi connectivity index (χ1) is 10.1. The van der Waals surface area contributed by atoms with Gasteiger partial charge in [0, 0.05) is 21.9 Å². The van der Waals surface area contributed by atoms with Gasteiger partial charge in [-0.1, -0.05) is 18.2 Å². The van der Waals surface area contributed by atoms with E-state index in [-0.39, 0.29) is 5.56 Å². The lowest BCUT2D eigenvalue weighted by Crippen LogP contribution is -2.15. The molecule has 0 saturated heterocycles. The third-order valence-electron chi connectivity index (χ3n) is 3.37. The molecule has 0 aliphatic carbocycles. The summed E-state index contributed by atoms with van der Waals surface area (Å²) >= 11 is 1.77. The van der Waals surface area contributed by atoms with Crippen LogP contribution in [0.25, 0.3) is 0 Å². The fourth-order valence-corrected chi connectivity index (χ4v) is 3.58. The molecule has 108 valence electrons. The van der Waals surface area contributed by atoms with Crippen molar-refractivity contribution in [3.8, 4) is 5.75 Å². The molecule has 1 aliphatic rings. The van der Waals surface area contributed by atoms with Gasteiger partial charge in [0.05, 0.1) is 0 Å². The van der Waals surface area contributed by atoms with E-state index in [1.54, 1.807) is 23.9 Å². The van der Waals surface area contributed by atoms with Gasteiger partial charge in [-0.2, -0.15) is 0 Å². The Balaban J connectivity index is 1.69. The fourth-order valence-electron chi connectivity index (χ4n) is 2.36. The zero-order valence-corrected chi connectivity index (χ0v) is 12.1. The van der Waals surface area contributed by atoms with E-state index in [4.69, 9.17) is 15.6 Å². The van der Waals surface area contributed by atoms with Crippen molar-refractivity contribution in [2.24, 2.45) is 0 Å². The van der Waals surface area contributed by atoms with E-state index in [1.807, 2.05) is 12.1 Å². The molecule has 4 nitrogen and oxygen atoms in total. The van der Waals surface area contributed by atoms with Crippen LogP contribution in [0.5, 0.6) is 5.75 Å². The molecule has 3 rings (SSSR count). The van der Waals surface area contributed by atoms with Crippen LogP contribution in [-0.2, 0) is 6.42 Å². The molecule has 1 heterocycles. The smallest absolute Gasteiger partial charge is 0.339 e. The molecule has 0 radical (unpaired) electrons. The number of carbonyl (C=O) groups is 1. The van der Waals surface area contributed by atoms with Gasteiger partial charge in [0.1, 0.15) is 17.9 Å². The van der Waals surface area contributed by atoms with Crippen LogP contribution in [0.2, 0.25) is 0 Å². The second kappa shape index (κ2) is 5.69. The van der Waals surface area contributed by atoms with Gasteiger partial charge in [0.25, 0.3) is 0 Å². The van der Waals surface area contributed by atoms with Gasteiger partial charge in [-0.3, -0.25) is 0 Å². The summed E-state index contributed by atoms with van der Waals surface area (Å²) < 4.78 is 5.71. The van der Waals surface area contributed by atoms with Crippen molar-refractivity contribution in [1.82, 2.24) is 0 Å². The molecule has 2 aromatic carbocycles. The lowest BCUT2D eigenvalue weighted by molar-refractivity contribution is 0.0692. The molecule has 1 atom stereocenters. The minimum atomic E-state index is -1.01. The molecule has 1 unspecified atom stereocenters. The largest absolute Gasteiger partial charge is 0.491 e. The number of hydrogen-bond donors (Lipinski definition) is 2. The maximum atomic E-state index is 11.2. The highest BCUT2D eigenvalue weighted by Crippen LogP contribution is 2.37. The predicted octanol–water partition coefficient (Wildman–Crippen LogP) is 3.06. The van der Waals surface area contributed by atoms with E-state index < -0.39 is 5.97 Å². The van der Waals surface area contributed by atoms with Gasteiger partial charge >= 0.3 is 5.97 Å². The monoisotopic (exact) mass is 301 g/mol. The van der Waals surface area contributed by atoms with Crippen LogP contribution in [0.3, 0.4) is 0 Å². The van der Waals surface area contributed by atoms with Crippen molar-refractivity contribution in [3.63, 3.8) is 0 Å². The number of anilines is 1. The second-order valence-electron chi connectivity index (χ2n) is 4.92. The minimum absolute atomic E-state index is 0.143. The fraction of sp³-hybridized carbons (Fsp3) is 0.188. The van der Waals surface area contributed by atoms with Crippen molar-refractivity contribution in [3.05, 3.63) is 53.6 Å². The van der Waals surface area contributed by atoms with Gasteiger partial charge in [-0.15, -0.1) is 11.8 Å². The number of nitrogens with two attached hydrogens (primary N) is 1. The van der Waals surface area contributed by atoms with Gasteiger partial charge in [-0.05, 0) is 30.2 Å². The number of aromatic carboxylic acids is 1. The number of nitrogen functional groups attached to an aromatic ring is 1. The van der Waals surface area contributed by atoms with Crippen LogP contribution in [0, 0.1) is 0 Å².